The average Bonchev–Trinajstić information content (AvgIpc) is 2.97. The summed E-state index contributed by atoms with van der Waals surface area (Å²) in [5.74, 6) is 0.871. The summed E-state index contributed by atoms with van der Waals surface area (Å²) in [6, 6.07) is 0.625. The minimum absolute atomic E-state index is 0.503. The van der Waals surface area contributed by atoms with Crippen LogP contribution in [-0.4, -0.2) is 36.5 Å². The van der Waals surface area contributed by atoms with Crippen LogP contribution in [0.25, 0.3) is 0 Å². The third kappa shape index (κ3) is 3.16. The Morgan fingerprint density at radius 3 is 2.87 bits per heavy atom. The van der Waals surface area contributed by atoms with Gasteiger partial charge in [0.15, 0.2) is 0 Å². The molecular formula is C12H23NO2. The fraction of sp³-hybridized carbons (Fsp3) is 1.00. The first-order valence-corrected chi connectivity index (χ1v) is 6.27. The molecule has 0 aromatic heterocycles. The van der Waals surface area contributed by atoms with Crippen LogP contribution in [0.1, 0.15) is 39.0 Å². The maximum absolute atomic E-state index is 10.1. The van der Waals surface area contributed by atoms with E-state index >= 15 is 0 Å². The molecule has 0 aromatic rings. The maximum atomic E-state index is 10.1. The summed E-state index contributed by atoms with van der Waals surface area (Å²) in [6.07, 6.45) is 5.98. The van der Waals surface area contributed by atoms with Crippen LogP contribution in [0.4, 0.5) is 0 Å². The highest BCUT2D eigenvalue weighted by atomic mass is 16.5. The first-order valence-electron chi connectivity index (χ1n) is 6.27. The van der Waals surface area contributed by atoms with Gasteiger partial charge in [-0.25, -0.2) is 0 Å². The molecule has 1 heterocycles. The zero-order valence-corrected chi connectivity index (χ0v) is 9.67. The van der Waals surface area contributed by atoms with Gasteiger partial charge in [-0.2, -0.15) is 0 Å². The van der Waals surface area contributed by atoms with Gasteiger partial charge in [-0.15, -0.1) is 0 Å². The van der Waals surface area contributed by atoms with Crippen molar-refractivity contribution in [3.05, 3.63) is 0 Å². The molecule has 0 radical (unpaired) electrons. The minimum atomic E-state index is -0.596. The van der Waals surface area contributed by atoms with Gasteiger partial charge in [-0.05, 0) is 25.2 Å². The van der Waals surface area contributed by atoms with Gasteiger partial charge < -0.3 is 15.2 Å². The number of aliphatic hydroxyl groups is 1. The fourth-order valence-electron chi connectivity index (χ4n) is 2.37. The number of hydrogen-bond acceptors (Lipinski definition) is 3. The summed E-state index contributed by atoms with van der Waals surface area (Å²) in [4.78, 5) is 0. The molecular weight excluding hydrogens is 190 g/mol. The molecule has 3 nitrogen and oxygen atoms in total. The van der Waals surface area contributed by atoms with E-state index in [0.717, 1.165) is 12.3 Å². The predicted molar refractivity (Wildman–Crippen MR) is 59.8 cm³/mol. The van der Waals surface area contributed by atoms with E-state index < -0.39 is 5.60 Å². The van der Waals surface area contributed by atoms with Crippen LogP contribution < -0.4 is 5.32 Å². The molecule has 2 unspecified atom stereocenters. The van der Waals surface area contributed by atoms with Crippen LogP contribution in [0.3, 0.4) is 0 Å². The van der Waals surface area contributed by atoms with Gasteiger partial charge in [0.25, 0.3) is 0 Å². The third-order valence-electron chi connectivity index (χ3n) is 3.57. The van der Waals surface area contributed by atoms with Crippen molar-refractivity contribution in [2.75, 3.05) is 19.8 Å². The van der Waals surface area contributed by atoms with Crippen molar-refractivity contribution in [3.63, 3.8) is 0 Å². The number of ether oxygens (including phenoxy) is 1. The lowest BCUT2D eigenvalue weighted by Gasteiger charge is -2.25. The van der Waals surface area contributed by atoms with Crippen molar-refractivity contribution < 1.29 is 9.84 Å². The zero-order chi connectivity index (χ0) is 10.7. The van der Waals surface area contributed by atoms with E-state index in [-0.39, 0.29) is 0 Å². The Bertz CT molecular complexity index is 198. The van der Waals surface area contributed by atoms with E-state index in [9.17, 15) is 5.11 Å². The smallest absolute Gasteiger partial charge is 0.102 e. The molecule has 88 valence electrons. The van der Waals surface area contributed by atoms with Crippen LogP contribution in [0, 0.1) is 5.92 Å². The van der Waals surface area contributed by atoms with Crippen LogP contribution >= 0.6 is 0 Å². The first kappa shape index (κ1) is 11.4. The fourth-order valence-corrected chi connectivity index (χ4v) is 2.37. The summed E-state index contributed by atoms with van der Waals surface area (Å²) >= 11 is 0. The Balaban J connectivity index is 1.74. The van der Waals surface area contributed by atoms with E-state index in [0.29, 0.717) is 25.8 Å². The molecule has 2 atom stereocenters. The standard InChI is InChI=1S/C12H23NO2/c1-2-3-11(10-4-5-10)13-8-12(14)6-7-15-9-12/h10-11,13-14H,2-9H2,1H3. The summed E-state index contributed by atoms with van der Waals surface area (Å²) in [5.41, 5.74) is -0.596. The van der Waals surface area contributed by atoms with E-state index in [1.54, 1.807) is 0 Å². The van der Waals surface area contributed by atoms with Crippen LogP contribution in [-0.2, 0) is 4.74 Å². The van der Waals surface area contributed by atoms with E-state index in [1.165, 1.54) is 25.7 Å². The minimum Gasteiger partial charge on any atom is -0.386 e. The van der Waals surface area contributed by atoms with Crippen molar-refractivity contribution in [1.82, 2.24) is 5.32 Å². The Kier molecular flexibility index (Phi) is 3.65. The Hall–Kier alpha value is -0.120. The van der Waals surface area contributed by atoms with Crippen molar-refractivity contribution >= 4 is 0 Å². The Morgan fingerprint density at radius 1 is 1.53 bits per heavy atom. The molecule has 0 spiro atoms. The Morgan fingerprint density at radius 2 is 2.33 bits per heavy atom. The van der Waals surface area contributed by atoms with Crippen molar-refractivity contribution in [2.24, 2.45) is 5.92 Å². The normalized spacial score (nSPS) is 33.2. The highest BCUT2D eigenvalue weighted by molar-refractivity contribution is 4.91. The topological polar surface area (TPSA) is 41.5 Å². The maximum Gasteiger partial charge on any atom is 0.102 e. The first-order chi connectivity index (χ1) is 7.23. The molecule has 1 aliphatic heterocycles. The quantitative estimate of drug-likeness (QED) is 0.699. The summed E-state index contributed by atoms with van der Waals surface area (Å²) in [5, 5.41) is 13.7. The Labute approximate surface area is 92.2 Å². The second kappa shape index (κ2) is 4.81. The average molecular weight is 213 g/mol. The largest absolute Gasteiger partial charge is 0.386 e. The molecule has 2 N–H and O–H groups in total. The second-order valence-electron chi connectivity index (χ2n) is 5.14. The molecule has 2 aliphatic rings. The molecule has 2 fully saturated rings. The lowest BCUT2D eigenvalue weighted by Crippen LogP contribution is -2.45. The van der Waals surface area contributed by atoms with Gasteiger partial charge >= 0.3 is 0 Å². The molecule has 2 rings (SSSR count). The van der Waals surface area contributed by atoms with Crippen molar-refractivity contribution in [1.29, 1.82) is 0 Å². The molecule has 1 saturated carbocycles. The van der Waals surface area contributed by atoms with Gasteiger partial charge in [0, 0.05) is 25.6 Å². The van der Waals surface area contributed by atoms with Crippen LogP contribution in [0.5, 0.6) is 0 Å². The lowest BCUT2D eigenvalue weighted by atomic mass is 10.0. The molecule has 3 heteroatoms. The number of hydrogen-bond donors (Lipinski definition) is 2. The second-order valence-corrected chi connectivity index (χ2v) is 5.14. The van der Waals surface area contributed by atoms with E-state index in [2.05, 4.69) is 12.2 Å². The van der Waals surface area contributed by atoms with Crippen LogP contribution in [0.2, 0.25) is 0 Å². The molecule has 15 heavy (non-hydrogen) atoms. The van der Waals surface area contributed by atoms with Crippen molar-refractivity contribution in [2.45, 2.75) is 50.7 Å². The van der Waals surface area contributed by atoms with Crippen molar-refractivity contribution in [3.8, 4) is 0 Å². The van der Waals surface area contributed by atoms with Gasteiger partial charge in [0.1, 0.15) is 5.60 Å². The highest BCUT2D eigenvalue weighted by Crippen LogP contribution is 2.34. The predicted octanol–water partition coefficient (Wildman–Crippen LogP) is 1.31. The van der Waals surface area contributed by atoms with Gasteiger partial charge in [-0.3, -0.25) is 0 Å². The summed E-state index contributed by atoms with van der Waals surface area (Å²) < 4.78 is 5.24. The zero-order valence-electron chi connectivity index (χ0n) is 9.67. The summed E-state index contributed by atoms with van der Waals surface area (Å²) in [7, 11) is 0. The summed E-state index contributed by atoms with van der Waals surface area (Å²) in [6.45, 7) is 4.14. The number of nitrogens with one attached hydrogen (secondary N) is 1. The molecule has 1 saturated heterocycles. The third-order valence-corrected chi connectivity index (χ3v) is 3.57. The van der Waals surface area contributed by atoms with Gasteiger partial charge in [-0.1, -0.05) is 13.3 Å². The van der Waals surface area contributed by atoms with E-state index in [4.69, 9.17) is 4.74 Å². The molecule has 0 amide bonds. The van der Waals surface area contributed by atoms with Gasteiger partial charge in [0.05, 0.1) is 6.61 Å². The molecule has 0 aromatic carbocycles. The molecule has 0 bridgehead atoms. The van der Waals surface area contributed by atoms with Crippen LogP contribution in [0.15, 0.2) is 0 Å². The number of rotatable bonds is 6. The lowest BCUT2D eigenvalue weighted by molar-refractivity contribution is 0.0239. The monoisotopic (exact) mass is 213 g/mol. The highest BCUT2D eigenvalue weighted by Gasteiger charge is 2.35. The SMILES string of the molecule is CCCC(NCC1(O)CCOC1)C1CC1. The van der Waals surface area contributed by atoms with E-state index in [1.807, 2.05) is 0 Å². The molecule has 1 aliphatic carbocycles. The van der Waals surface area contributed by atoms with Gasteiger partial charge in [0.2, 0.25) is 0 Å².